The fourth-order valence-corrected chi connectivity index (χ4v) is 1.19. The number of nitrogens with one attached hydrogen (secondary N) is 1. The van der Waals surface area contributed by atoms with Crippen LogP contribution in [0.15, 0.2) is 18.7 Å². The van der Waals surface area contributed by atoms with E-state index >= 15 is 0 Å². The van der Waals surface area contributed by atoms with Gasteiger partial charge in [0.15, 0.2) is 0 Å². The second kappa shape index (κ2) is 6.06. The van der Waals surface area contributed by atoms with E-state index in [2.05, 4.69) is 10.3 Å². The van der Waals surface area contributed by atoms with Crippen molar-refractivity contribution >= 4 is 6.03 Å². The monoisotopic (exact) mass is 210 g/mol. The second-order valence-electron chi connectivity index (χ2n) is 3.63. The fourth-order valence-electron chi connectivity index (χ4n) is 1.19. The molecule has 1 heterocycles. The van der Waals surface area contributed by atoms with Crippen molar-refractivity contribution in [2.75, 3.05) is 20.6 Å². The first-order chi connectivity index (χ1) is 7.20. The minimum absolute atomic E-state index is 0.0300. The Labute approximate surface area is 90.1 Å². The Morgan fingerprint density at radius 1 is 1.47 bits per heavy atom. The molecule has 0 aliphatic carbocycles. The third kappa shape index (κ3) is 4.49. The number of amides is 2. The van der Waals surface area contributed by atoms with E-state index in [1.807, 2.05) is 10.8 Å². The van der Waals surface area contributed by atoms with Gasteiger partial charge in [-0.05, 0) is 12.8 Å². The molecule has 0 spiro atoms. The maximum atomic E-state index is 11.1. The van der Waals surface area contributed by atoms with Gasteiger partial charge in [-0.1, -0.05) is 0 Å². The molecule has 5 nitrogen and oxygen atoms in total. The number of urea groups is 1. The molecular weight excluding hydrogens is 192 g/mol. The molecule has 0 bridgehead atoms. The Kier molecular flexibility index (Phi) is 4.66. The maximum absolute atomic E-state index is 11.1. The number of hydrogen-bond donors (Lipinski definition) is 1. The van der Waals surface area contributed by atoms with Crippen LogP contribution in [0.2, 0.25) is 0 Å². The van der Waals surface area contributed by atoms with Gasteiger partial charge in [0.1, 0.15) is 0 Å². The lowest BCUT2D eigenvalue weighted by atomic mass is 10.3. The number of carbonyl (C=O) groups is 1. The molecule has 0 saturated carbocycles. The van der Waals surface area contributed by atoms with Gasteiger partial charge in [0.2, 0.25) is 0 Å². The first-order valence-electron chi connectivity index (χ1n) is 5.11. The van der Waals surface area contributed by atoms with E-state index in [1.165, 1.54) is 4.90 Å². The third-order valence-corrected chi connectivity index (χ3v) is 2.08. The highest BCUT2D eigenvalue weighted by Crippen LogP contribution is 1.94. The van der Waals surface area contributed by atoms with Gasteiger partial charge in [0.25, 0.3) is 0 Å². The Bertz CT molecular complexity index is 282. The lowest BCUT2D eigenvalue weighted by Gasteiger charge is -2.11. The predicted octanol–water partition coefficient (Wildman–Crippen LogP) is 0.934. The van der Waals surface area contributed by atoms with Crippen LogP contribution in [-0.2, 0) is 6.54 Å². The van der Waals surface area contributed by atoms with Gasteiger partial charge in [0.05, 0.1) is 6.33 Å². The average Bonchev–Trinajstić information content (AvgIpc) is 2.69. The van der Waals surface area contributed by atoms with Crippen LogP contribution < -0.4 is 5.32 Å². The number of carbonyl (C=O) groups excluding carboxylic acids is 1. The summed E-state index contributed by atoms with van der Waals surface area (Å²) in [6, 6.07) is -0.0300. The van der Waals surface area contributed by atoms with Gasteiger partial charge >= 0.3 is 6.03 Å². The zero-order valence-electron chi connectivity index (χ0n) is 9.31. The van der Waals surface area contributed by atoms with Crippen molar-refractivity contribution in [3.8, 4) is 0 Å². The van der Waals surface area contributed by atoms with Gasteiger partial charge < -0.3 is 14.8 Å². The molecule has 0 radical (unpaired) electrons. The highest BCUT2D eigenvalue weighted by molar-refractivity contribution is 5.73. The van der Waals surface area contributed by atoms with E-state index in [9.17, 15) is 4.79 Å². The molecule has 0 aromatic carbocycles. The van der Waals surface area contributed by atoms with Crippen LogP contribution in [-0.4, -0.2) is 41.1 Å². The molecule has 1 aromatic heterocycles. The minimum Gasteiger partial charge on any atom is -0.338 e. The molecule has 1 aromatic rings. The van der Waals surface area contributed by atoms with Gasteiger partial charge in [-0.3, -0.25) is 0 Å². The van der Waals surface area contributed by atoms with Crippen LogP contribution in [0.5, 0.6) is 0 Å². The van der Waals surface area contributed by atoms with Crippen molar-refractivity contribution in [3.05, 3.63) is 18.7 Å². The summed E-state index contributed by atoms with van der Waals surface area (Å²) in [5, 5.41) is 2.82. The zero-order valence-corrected chi connectivity index (χ0v) is 9.31. The summed E-state index contributed by atoms with van der Waals surface area (Å²) < 4.78 is 2.04. The van der Waals surface area contributed by atoms with Crippen molar-refractivity contribution in [2.45, 2.75) is 19.4 Å². The summed E-state index contributed by atoms with van der Waals surface area (Å²) in [5.74, 6) is 0. The van der Waals surface area contributed by atoms with Crippen molar-refractivity contribution in [3.63, 3.8) is 0 Å². The molecule has 0 fully saturated rings. The second-order valence-corrected chi connectivity index (χ2v) is 3.63. The Morgan fingerprint density at radius 3 is 2.87 bits per heavy atom. The van der Waals surface area contributed by atoms with E-state index in [0.29, 0.717) is 0 Å². The molecule has 2 amide bonds. The predicted molar refractivity (Wildman–Crippen MR) is 58.5 cm³/mol. The van der Waals surface area contributed by atoms with E-state index in [-0.39, 0.29) is 6.03 Å². The summed E-state index contributed by atoms with van der Waals surface area (Å²) in [5.41, 5.74) is 0. The largest absolute Gasteiger partial charge is 0.338 e. The number of imidazole rings is 1. The number of hydrogen-bond acceptors (Lipinski definition) is 2. The molecule has 0 saturated heterocycles. The first-order valence-corrected chi connectivity index (χ1v) is 5.11. The van der Waals surface area contributed by atoms with Gasteiger partial charge in [-0.15, -0.1) is 0 Å². The van der Waals surface area contributed by atoms with Crippen LogP contribution >= 0.6 is 0 Å². The molecule has 1 rings (SSSR count). The van der Waals surface area contributed by atoms with Gasteiger partial charge in [-0.2, -0.15) is 0 Å². The van der Waals surface area contributed by atoms with E-state index in [4.69, 9.17) is 0 Å². The number of aromatic nitrogens is 2. The van der Waals surface area contributed by atoms with Crippen LogP contribution in [0.1, 0.15) is 12.8 Å². The minimum atomic E-state index is -0.0300. The number of aryl methyl sites for hydroxylation is 1. The van der Waals surface area contributed by atoms with Crippen LogP contribution in [0, 0.1) is 0 Å². The standard InChI is InChI=1S/C10H18N4O/c1-13(2)10(15)12-5-3-4-7-14-8-6-11-9-14/h6,8-9H,3-5,7H2,1-2H3,(H,12,15). The van der Waals surface area contributed by atoms with Crippen molar-refractivity contribution < 1.29 is 4.79 Å². The molecule has 5 heteroatoms. The topological polar surface area (TPSA) is 50.2 Å². The van der Waals surface area contributed by atoms with Crippen LogP contribution in [0.3, 0.4) is 0 Å². The number of rotatable bonds is 5. The Hall–Kier alpha value is -1.52. The van der Waals surface area contributed by atoms with Crippen LogP contribution in [0.25, 0.3) is 0 Å². The molecule has 0 aliphatic heterocycles. The summed E-state index contributed by atoms with van der Waals surface area (Å²) >= 11 is 0. The summed E-state index contributed by atoms with van der Waals surface area (Å²) in [6.07, 6.45) is 7.55. The SMILES string of the molecule is CN(C)C(=O)NCCCCn1ccnc1. The maximum Gasteiger partial charge on any atom is 0.316 e. The quantitative estimate of drug-likeness (QED) is 0.735. The van der Waals surface area contributed by atoms with Crippen molar-refractivity contribution in [1.82, 2.24) is 19.8 Å². The number of unbranched alkanes of at least 4 members (excludes halogenated alkanes) is 1. The average molecular weight is 210 g/mol. The third-order valence-electron chi connectivity index (χ3n) is 2.08. The fraction of sp³-hybridized carbons (Fsp3) is 0.600. The number of nitrogens with zero attached hydrogens (tertiary/aromatic N) is 3. The summed E-state index contributed by atoms with van der Waals surface area (Å²) in [4.78, 5) is 16.6. The zero-order chi connectivity index (χ0) is 11.1. The smallest absolute Gasteiger partial charge is 0.316 e. The molecule has 0 aliphatic rings. The molecular formula is C10H18N4O. The Balaban J connectivity index is 2.00. The summed E-state index contributed by atoms with van der Waals surface area (Å²) in [6.45, 7) is 1.68. The van der Waals surface area contributed by atoms with E-state index in [1.54, 1.807) is 26.6 Å². The molecule has 15 heavy (non-hydrogen) atoms. The lowest BCUT2D eigenvalue weighted by molar-refractivity contribution is 0.217. The Morgan fingerprint density at radius 2 is 2.27 bits per heavy atom. The van der Waals surface area contributed by atoms with Gasteiger partial charge in [-0.25, -0.2) is 9.78 Å². The molecule has 0 unspecified atom stereocenters. The summed E-state index contributed by atoms with van der Waals surface area (Å²) in [7, 11) is 3.47. The van der Waals surface area contributed by atoms with Crippen LogP contribution in [0.4, 0.5) is 4.79 Å². The van der Waals surface area contributed by atoms with E-state index < -0.39 is 0 Å². The highest BCUT2D eigenvalue weighted by atomic mass is 16.2. The molecule has 1 N–H and O–H groups in total. The lowest BCUT2D eigenvalue weighted by Crippen LogP contribution is -2.35. The molecule has 0 atom stereocenters. The first kappa shape index (κ1) is 11.6. The van der Waals surface area contributed by atoms with E-state index in [0.717, 1.165) is 25.9 Å². The van der Waals surface area contributed by atoms with Crippen molar-refractivity contribution in [2.24, 2.45) is 0 Å². The van der Waals surface area contributed by atoms with Gasteiger partial charge in [0, 0.05) is 39.6 Å². The van der Waals surface area contributed by atoms with Crippen molar-refractivity contribution in [1.29, 1.82) is 0 Å². The normalized spacial score (nSPS) is 10.0. The highest BCUT2D eigenvalue weighted by Gasteiger charge is 2.00. The molecule has 84 valence electrons.